The predicted molar refractivity (Wildman–Crippen MR) is 76.6 cm³/mol. The number of furan rings is 1. The van der Waals surface area contributed by atoms with Crippen LogP contribution in [0.3, 0.4) is 0 Å². The number of ketones is 1. The summed E-state index contributed by atoms with van der Waals surface area (Å²) in [5, 5.41) is 0.870. The number of halogens is 1. The minimum absolute atomic E-state index is 0.0542. The molecule has 1 aromatic heterocycles. The molecule has 0 N–H and O–H groups in total. The van der Waals surface area contributed by atoms with Gasteiger partial charge in [0.15, 0.2) is 5.76 Å². The minimum Gasteiger partial charge on any atom is -0.453 e. The maximum Gasteiger partial charge on any atom is 0.223 e. The maximum absolute atomic E-state index is 13.4. The number of hydrogen-bond donors (Lipinski definition) is 0. The lowest BCUT2D eigenvalue weighted by Crippen LogP contribution is -2.08. The first-order valence-electron chi connectivity index (χ1n) is 6.57. The van der Waals surface area contributed by atoms with Gasteiger partial charge in [-0.2, -0.15) is 0 Å². The topological polar surface area (TPSA) is 39.4 Å². The Hall–Kier alpha value is -2.46. The zero-order valence-corrected chi connectivity index (χ0v) is 11.2. The first-order chi connectivity index (χ1) is 10.2. The first-order valence-corrected chi connectivity index (χ1v) is 6.57. The molecule has 0 aliphatic heterocycles. The zero-order chi connectivity index (χ0) is 14.7. The molecule has 0 spiro atoms. The van der Waals surface area contributed by atoms with E-state index in [1.165, 1.54) is 6.07 Å². The number of carbonyl (C=O) groups excluding carboxylic acids is 1. The van der Waals surface area contributed by atoms with Crippen molar-refractivity contribution in [3.63, 3.8) is 0 Å². The number of para-hydroxylation sites is 1. The van der Waals surface area contributed by atoms with E-state index in [1.54, 1.807) is 30.3 Å². The van der Waals surface area contributed by atoms with Crippen LogP contribution in [0.1, 0.15) is 16.1 Å². The number of benzene rings is 2. The van der Waals surface area contributed by atoms with Crippen LogP contribution in [0.5, 0.6) is 0 Å². The summed E-state index contributed by atoms with van der Waals surface area (Å²) in [4.78, 5) is 12.0. The van der Waals surface area contributed by atoms with Gasteiger partial charge in [-0.25, -0.2) is 4.39 Å². The molecule has 0 saturated carbocycles. The number of hydrogen-bond acceptors (Lipinski definition) is 3. The second kappa shape index (κ2) is 5.89. The summed E-state index contributed by atoms with van der Waals surface area (Å²) in [5.41, 5.74) is 1.09. The summed E-state index contributed by atoms with van der Waals surface area (Å²) in [5.74, 6) is -0.346. The van der Waals surface area contributed by atoms with Crippen molar-refractivity contribution in [2.45, 2.75) is 6.61 Å². The Balaban J connectivity index is 1.63. The highest BCUT2D eigenvalue weighted by Crippen LogP contribution is 2.19. The molecule has 0 bridgehead atoms. The second-order valence-electron chi connectivity index (χ2n) is 4.66. The van der Waals surface area contributed by atoms with Crippen LogP contribution in [0, 0.1) is 5.82 Å². The van der Waals surface area contributed by atoms with Crippen molar-refractivity contribution in [1.82, 2.24) is 0 Å². The lowest BCUT2D eigenvalue weighted by atomic mass is 10.2. The van der Waals surface area contributed by atoms with Gasteiger partial charge in [-0.05, 0) is 18.2 Å². The lowest BCUT2D eigenvalue weighted by molar-refractivity contribution is 0.0697. The summed E-state index contributed by atoms with van der Waals surface area (Å²) in [7, 11) is 0. The maximum atomic E-state index is 13.4. The number of Topliss-reactive ketones (excluding diaryl/α,β-unsaturated/α-hetero) is 1. The van der Waals surface area contributed by atoms with Crippen molar-refractivity contribution < 1.29 is 18.3 Å². The third kappa shape index (κ3) is 3.01. The number of carbonyl (C=O) groups is 1. The van der Waals surface area contributed by atoms with Crippen LogP contribution in [-0.4, -0.2) is 12.4 Å². The Bertz CT molecular complexity index is 743. The summed E-state index contributed by atoms with van der Waals surface area (Å²) in [6, 6.07) is 15.4. The molecule has 0 atom stereocenters. The van der Waals surface area contributed by atoms with Crippen LogP contribution >= 0.6 is 0 Å². The van der Waals surface area contributed by atoms with Crippen molar-refractivity contribution in [2.75, 3.05) is 6.61 Å². The highest BCUT2D eigenvalue weighted by Gasteiger charge is 2.12. The highest BCUT2D eigenvalue weighted by molar-refractivity contribution is 5.98. The highest BCUT2D eigenvalue weighted by atomic mass is 19.1. The molecule has 1 heterocycles. The van der Waals surface area contributed by atoms with Crippen LogP contribution in [0.15, 0.2) is 59.0 Å². The van der Waals surface area contributed by atoms with Crippen molar-refractivity contribution in [2.24, 2.45) is 0 Å². The SMILES string of the molecule is O=C(COCc1ccccc1F)c1cc2ccccc2o1. The third-order valence-corrected chi connectivity index (χ3v) is 3.15. The van der Waals surface area contributed by atoms with Gasteiger partial charge in [-0.15, -0.1) is 0 Å². The van der Waals surface area contributed by atoms with Gasteiger partial charge in [-0.3, -0.25) is 4.79 Å². The summed E-state index contributed by atoms with van der Waals surface area (Å²) in [6.45, 7) is -0.0905. The molecule has 0 fully saturated rings. The molecule has 21 heavy (non-hydrogen) atoms. The van der Waals surface area contributed by atoms with Crippen molar-refractivity contribution >= 4 is 16.8 Å². The fourth-order valence-electron chi connectivity index (χ4n) is 2.06. The molecule has 3 nitrogen and oxygen atoms in total. The van der Waals surface area contributed by atoms with E-state index < -0.39 is 0 Å². The number of ether oxygens (including phenoxy) is 1. The van der Waals surface area contributed by atoms with Crippen LogP contribution in [-0.2, 0) is 11.3 Å². The molecule has 2 aromatic carbocycles. The Morgan fingerprint density at radius 1 is 1.10 bits per heavy atom. The van der Waals surface area contributed by atoms with Crippen molar-refractivity contribution in [3.05, 3.63) is 71.7 Å². The van der Waals surface area contributed by atoms with E-state index in [0.717, 1.165) is 5.39 Å². The van der Waals surface area contributed by atoms with Gasteiger partial charge in [0.25, 0.3) is 0 Å². The van der Waals surface area contributed by atoms with Gasteiger partial charge in [0, 0.05) is 10.9 Å². The van der Waals surface area contributed by atoms with E-state index in [2.05, 4.69) is 0 Å². The van der Waals surface area contributed by atoms with E-state index in [-0.39, 0.29) is 30.6 Å². The Morgan fingerprint density at radius 3 is 2.67 bits per heavy atom. The van der Waals surface area contributed by atoms with Gasteiger partial charge >= 0.3 is 0 Å². The average Bonchev–Trinajstić information content (AvgIpc) is 2.93. The van der Waals surface area contributed by atoms with E-state index in [0.29, 0.717) is 11.1 Å². The summed E-state index contributed by atoms with van der Waals surface area (Å²) >= 11 is 0. The fourth-order valence-corrected chi connectivity index (χ4v) is 2.06. The standard InChI is InChI=1S/C17H13FO3/c18-14-7-3-1-6-13(14)10-20-11-15(19)17-9-12-5-2-4-8-16(12)21-17/h1-9H,10-11H2. The van der Waals surface area contributed by atoms with E-state index >= 15 is 0 Å². The second-order valence-corrected chi connectivity index (χ2v) is 4.66. The van der Waals surface area contributed by atoms with Gasteiger partial charge in [0.1, 0.15) is 18.0 Å². The molecule has 3 rings (SSSR count). The fraction of sp³-hybridized carbons (Fsp3) is 0.118. The van der Waals surface area contributed by atoms with E-state index in [4.69, 9.17) is 9.15 Å². The molecule has 0 radical (unpaired) electrons. The van der Waals surface area contributed by atoms with Crippen molar-refractivity contribution in [1.29, 1.82) is 0 Å². The van der Waals surface area contributed by atoms with Crippen LogP contribution in [0.2, 0.25) is 0 Å². The molecule has 0 saturated heterocycles. The molecule has 0 aliphatic rings. The molecule has 0 aliphatic carbocycles. The van der Waals surface area contributed by atoms with Crippen LogP contribution in [0.4, 0.5) is 4.39 Å². The lowest BCUT2D eigenvalue weighted by Gasteiger charge is -2.03. The molecule has 0 amide bonds. The monoisotopic (exact) mass is 284 g/mol. The molecular weight excluding hydrogens is 271 g/mol. The average molecular weight is 284 g/mol. The third-order valence-electron chi connectivity index (χ3n) is 3.15. The first kappa shape index (κ1) is 13.5. The largest absolute Gasteiger partial charge is 0.453 e. The molecule has 106 valence electrons. The van der Waals surface area contributed by atoms with E-state index in [1.807, 2.05) is 18.2 Å². The van der Waals surface area contributed by atoms with Gasteiger partial charge in [0.2, 0.25) is 5.78 Å². The van der Waals surface area contributed by atoms with Crippen molar-refractivity contribution in [3.8, 4) is 0 Å². The smallest absolute Gasteiger partial charge is 0.223 e. The Kier molecular flexibility index (Phi) is 3.79. The Labute approximate surface area is 120 Å². The van der Waals surface area contributed by atoms with Gasteiger partial charge in [-0.1, -0.05) is 36.4 Å². The number of fused-ring (bicyclic) bond motifs is 1. The van der Waals surface area contributed by atoms with Crippen LogP contribution < -0.4 is 0 Å². The molecule has 0 unspecified atom stereocenters. The summed E-state index contributed by atoms with van der Waals surface area (Å²) < 4.78 is 24.1. The van der Waals surface area contributed by atoms with Gasteiger partial charge in [0.05, 0.1) is 6.61 Å². The quantitative estimate of drug-likeness (QED) is 0.665. The minimum atomic E-state index is -0.339. The zero-order valence-electron chi connectivity index (χ0n) is 11.2. The van der Waals surface area contributed by atoms with Crippen LogP contribution in [0.25, 0.3) is 11.0 Å². The van der Waals surface area contributed by atoms with E-state index in [9.17, 15) is 9.18 Å². The molecular formula is C17H13FO3. The molecule has 4 heteroatoms. The summed E-state index contributed by atoms with van der Waals surface area (Å²) in [6.07, 6.45) is 0. The Morgan fingerprint density at radius 2 is 1.86 bits per heavy atom. The van der Waals surface area contributed by atoms with Gasteiger partial charge < -0.3 is 9.15 Å². The predicted octanol–water partition coefficient (Wildman–Crippen LogP) is 3.97. The molecule has 3 aromatic rings. The number of rotatable bonds is 5. The normalized spacial score (nSPS) is 10.9.